The summed E-state index contributed by atoms with van der Waals surface area (Å²) >= 11 is 5.77. The van der Waals surface area contributed by atoms with Gasteiger partial charge < -0.3 is 9.84 Å². The van der Waals surface area contributed by atoms with Crippen molar-refractivity contribution in [2.24, 2.45) is 0 Å². The van der Waals surface area contributed by atoms with Crippen LogP contribution in [0.2, 0.25) is 5.02 Å². The van der Waals surface area contributed by atoms with E-state index in [1.54, 1.807) is 19.2 Å². The molecule has 2 nitrogen and oxygen atoms in total. The van der Waals surface area contributed by atoms with Gasteiger partial charge in [0.05, 0.1) is 12.7 Å². The van der Waals surface area contributed by atoms with Crippen LogP contribution in [0.25, 0.3) is 0 Å². The van der Waals surface area contributed by atoms with Gasteiger partial charge in [-0.2, -0.15) is 0 Å². The highest BCUT2D eigenvalue weighted by Crippen LogP contribution is 2.41. The molecule has 1 aliphatic rings. The van der Waals surface area contributed by atoms with Crippen LogP contribution in [0.5, 0.6) is 5.75 Å². The smallest absolute Gasteiger partial charge is 0.127 e. The van der Waals surface area contributed by atoms with Crippen molar-refractivity contribution in [2.75, 3.05) is 7.11 Å². The Morgan fingerprint density at radius 1 is 1.29 bits per heavy atom. The first-order valence-electron chi connectivity index (χ1n) is 6.85. The number of ether oxygens (including phenoxy) is 1. The van der Waals surface area contributed by atoms with Crippen LogP contribution in [0, 0.1) is 5.82 Å². The summed E-state index contributed by atoms with van der Waals surface area (Å²) in [5.41, 5.74) is 1.33. The molecule has 0 saturated carbocycles. The number of hydrogen-bond acceptors (Lipinski definition) is 2. The Balaban J connectivity index is 1.96. The number of benzene rings is 2. The molecule has 0 amide bonds. The molecular weight excluding hydrogens is 291 g/mol. The van der Waals surface area contributed by atoms with Gasteiger partial charge in [0.1, 0.15) is 11.6 Å². The molecule has 0 saturated heterocycles. The second-order valence-corrected chi connectivity index (χ2v) is 5.90. The van der Waals surface area contributed by atoms with Crippen LogP contribution in [0.15, 0.2) is 36.4 Å². The van der Waals surface area contributed by atoms with E-state index < -0.39 is 5.60 Å². The third-order valence-electron chi connectivity index (χ3n) is 4.12. The predicted molar refractivity (Wildman–Crippen MR) is 80.3 cm³/mol. The highest BCUT2D eigenvalue weighted by atomic mass is 35.5. The molecular formula is C17H16ClFO2. The first kappa shape index (κ1) is 14.4. The fraction of sp³-hybridized carbons (Fsp3) is 0.294. The zero-order chi connectivity index (χ0) is 15.0. The molecule has 0 spiro atoms. The quantitative estimate of drug-likeness (QED) is 0.933. The second kappa shape index (κ2) is 5.32. The molecule has 1 unspecified atom stereocenters. The van der Waals surface area contributed by atoms with Crippen LogP contribution < -0.4 is 4.74 Å². The van der Waals surface area contributed by atoms with E-state index in [-0.39, 0.29) is 12.2 Å². The van der Waals surface area contributed by atoms with Gasteiger partial charge >= 0.3 is 0 Å². The van der Waals surface area contributed by atoms with E-state index in [2.05, 4.69) is 0 Å². The molecule has 1 N–H and O–H groups in total. The third kappa shape index (κ3) is 2.63. The molecule has 0 bridgehead atoms. The van der Waals surface area contributed by atoms with Gasteiger partial charge in [-0.25, -0.2) is 4.39 Å². The molecule has 0 heterocycles. The van der Waals surface area contributed by atoms with Gasteiger partial charge in [0, 0.05) is 11.4 Å². The molecule has 4 heteroatoms. The number of aryl methyl sites for hydroxylation is 1. The lowest BCUT2D eigenvalue weighted by Crippen LogP contribution is -2.26. The molecule has 0 aliphatic heterocycles. The Hall–Kier alpha value is -1.58. The summed E-state index contributed by atoms with van der Waals surface area (Å²) < 4.78 is 19.2. The van der Waals surface area contributed by atoms with E-state index in [4.69, 9.17) is 16.3 Å². The number of aliphatic hydroxyl groups is 1. The van der Waals surface area contributed by atoms with Gasteiger partial charge in [0.25, 0.3) is 0 Å². The SMILES string of the molecule is COc1ccc2c(c1)C(O)(Cc1ccc(Cl)cc1F)CC2. The number of hydrogen-bond donors (Lipinski definition) is 1. The van der Waals surface area contributed by atoms with Crippen LogP contribution in [0.3, 0.4) is 0 Å². The fourth-order valence-electron chi connectivity index (χ4n) is 2.97. The summed E-state index contributed by atoms with van der Waals surface area (Å²) in [5, 5.41) is 11.3. The zero-order valence-electron chi connectivity index (χ0n) is 11.7. The molecule has 21 heavy (non-hydrogen) atoms. The van der Waals surface area contributed by atoms with Crippen molar-refractivity contribution in [1.29, 1.82) is 0 Å². The van der Waals surface area contributed by atoms with Crippen molar-refractivity contribution in [2.45, 2.75) is 24.9 Å². The topological polar surface area (TPSA) is 29.5 Å². The lowest BCUT2D eigenvalue weighted by Gasteiger charge is -2.25. The van der Waals surface area contributed by atoms with Crippen molar-refractivity contribution < 1.29 is 14.2 Å². The van der Waals surface area contributed by atoms with E-state index in [1.807, 2.05) is 18.2 Å². The van der Waals surface area contributed by atoms with Crippen molar-refractivity contribution in [1.82, 2.24) is 0 Å². The van der Waals surface area contributed by atoms with Gasteiger partial charge in [-0.1, -0.05) is 23.7 Å². The third-order valence-corrected chi connectivity index (χ3v) is 4.36. The van der Waals surface area contributed by atoms with Gasteiger partial charge in [-0.3, -0.25) is 0 Å². The van der Waals surface area contributed by atoms with Gasteiger partial charge in [0.15, 0.2) is 0 Å². The van der Waals surface area contributed by atoms with E-state index in [0.29, 0.717) is 22.8 Å². The average Bonchev–Trinajstić information content (AvgIpc) is 2.79. The van der Waals surface area contributed by atoms with Crippen molar-refractivity contribution in [3.8, 4) is 5.75 Å². The molecule has 0 aromatic heterocycles. The van der Waals surface area contributed by atoms with Crippen molar-refractivity contribution >= 4 is 11.6 Å². The summed E-state index contributed by atoms with van der Waals surface area (Å²) in [6, 6.07) is 10.2. The first-order valence-corrected chi connectivity index (χ1v) is 7.23. The van der Waals surface area contributed by atoms with Crippen molar-refractivity contribution in [3.05, 3.63) is 63.9 Å². The maximum atomic E-state index is 14.0. The molecule has 0 radical (unpaired) electrons. The minimum atomic E-state index is -1.06. The number of rotatable bonds is 3. The fourth-order valence-corrected chi connectivity index (χ4v) is 3.13. The van der Waals surface area contributed by atoms with Crippen LogP contribution in [0.1, 0.15) is 23.1 Å². The van der Waals surface area contributed by atoms with E-state index in [0.717, 1.165) is 17.5 Å². The monoisotopic (exact) mass is 306 g/mol. The Labute approximate surface area is 128 Å². The predicted octanol–water partition coefficient (Wildman–Crippen LogP) is 3.86. The molecule has 3 rings (SSSR count). The van der Waals surface area contributed by atoms with Crippen molar-refractivity contribution in [3.63, 3.8) is 0 Å². The molecule has 110 valence electrons. The Morgan fingerprint density at radius 3 is 2.81 bits per heavy atom. The highest BCUT2D eigenvalue weighted by Gasteiger charge is 2.37. The highest BCUT2D eigenvalue weighted by molar-refractivity contribution is 6.30. The minimum absolute atomic E-state index is 0.232. The number of fused-ring (bicyclic) bond motifs is 1. The summed E-state index contributed by atoms with van der Waals surface area (Å²) in [4.78, 5) is 0. The van der Waals surface area contributed by atoms with Gasteiger partial charge in [-0.15, -0.1) is 0 Å². The van der Waals surface area contributed by atoms with Crippen LogP contribution in [-0.4, -0.2) is 12.2 Å². The number of methoxy groups -OCH3 is 1. The Morgan fingerprint density at radius 2 is 2.10 bits per heavy atom. The maximum Gasteiger partial charge on any atom is 0.127 e. The minimum Gasteiger partial charge on any atom is -0.497 e. The molecule has 2 aromatic carbocycles. The van der Waals surface area contributed by atoms with Gasteiger partial charge in [-0.05, 0) is 53.8 Å². The Kier molecular flexibility index (Phi) is 3.64. The largest absolute Gasteiger partial charge is 0.497 e. The maximum absolute atomic E-state index is 14.0. The van der Waals surface area contributed by atoms with Gasteiger partial charge in [0.2, 0.25) is 0 Å². The molecule has 1 aliphatic carbocycles. The first-order chi connectivity index (χ1) is 10.0. The molecule has 2 aromatic rings. The molecule has 0 fully saturated rings. The lowest BCUT2D eigenvalue weighted by molar-refractivity contribution is 0.0379. The summed E-state index contributed by atoms with van der Waals surface area (Å²) in [5.74, 6) is 0.318. The molecule has 1 atom stereocenters. The zero-order valence-corrected chi connectivity index (χ0v) is 12.5. The van der Waals surface area contributed by atoms with E-state index in [1.165, 1.54) is 6.07 Å². The summed E-state index contributed by atoms with van der Waals surface area (Å²) in [7, 11) is 1.59. The van der Waals surface area contributed by atoms with Crippen LogP contribution in [-0.2, 0) is 18.4 Å². The van der Waals surface area contributed by atoms with Crippen LogP contribution in [0.4, 0.5) is 4.39 Å². The normalized spacial score (nSPS) is 20.4. The average molecular weight is 307 g/mol. The number of halogens is 2. The lowest BCUT2D eigenvalue weighted by atomic mass is 9.88. The van der Waals surface area contributed by atoms with Crippen LogP contribution >= 0.6 is 11.6 Å². The van der Waals surface area contributed by atoms with E-state index >= 15 is 0 Å². The van der Waals surface area contributed by atoms with E-state index in [9.17, 15) is 9.50 Å². The standard InChI is InChI=1S/C17H16ClFO2/c1-21-14-5-3-11-6-7-17(20,15(11)9-14)10-12-2-4-13(18)8-16(12)19/h2-5,8-9,20H,6-7,10H2,1H3. The summed E-state index contributed by atoms with van der Waals surface area (Å²) in [6.07, 6.45) is 1.60. The second-order valence-electron chi connectivity index (χ2n) is 5.47. The Bertz CT molecular complexity index is 686. The summed E-state index contributed by atoms with van der Waals surface area (Å²) in [6.45, 7) is 0.